The number of thiophene rings is 1. The van der Waals surface area contributed by atoms with Crippen LogP contribution in [-0.2, 0) is 0 Å². The van der Waals surface area contributed by atoms with Crippen molar-refractivity contribution < 1.29 is 0 Å². The minimum atomic E-state index is 0.894. The average Bonchev–Trinajstić information content (AvgIpc) is 3.46. The third-order valence-corrected chi connectivity index (χ3v) is 9.71. The predicted molar refractivity (Wildman–Crippen MR) is 184 cm³/mol. The van der Waals surface area contributed by atoms with Gasteiger partial charge in [0.2, 0.25) is 0 Å². The molecule has 0 amide bonds. The van der Waals surface area contributed by atoms with Crippen molar-refractivity contribution in [2.45, 2.75) is 0 Å². The second kappa shape index (κ2) is 9.59. The Morgan fingerprint density at radius 3 is 1.70 bits per heavy atom. The summed E-state index contributed by atoms with van der Waals surface area (Å²) in [6.45, 7) is 0. The highest BCUT2D eigenvalue weighted by atomic mass is 32.1. The summed E-state index contributed by atoms with van der Waals surface area (Å²) in [5, 5.41) is 7.19. The fraction of sp³-hybridized carbons (Fsp3) is 0. The Bertz CT molecular complexity index is 2460. The SMILES string of the molecule is c1ccc(-c2ccc3sc4c(-c5cnc6c7ccccc7c7ccccc7c6n5)cc(-c5ccccc5)cc4c3c2)cc1. The largest absolute Gasteiger partial charge is 0.252 e. The molecule has 0 atom stereocenters. The topological polar surface area (TPSA) is 25.8 Å². The lowest BCUT2D eigenvalue weighted by Crippen LogP contribution is -1.93. The number of nitrogens with zero attached hydrogens (tertiary/aromatic N) is 2. The third-order valence-electron chi connectivity index (χ3n) is 8.49. The molecule has 0 aliphatic rings. The van der Waals surface area contributed by atoms with Crippen molar-refractivity contribution in [2.75, 3.05) is 0 Å². The molecule has 200 valence electrons. The molecule has 7 aromatic carbocycles. The Labute approximate surface area is 252 Å². The molecule has 0 unspecified atom stereocenters. The van der Waals surface area contributed by atoms with E-state index in [1.54, 1.807) is 0 Å². The Morgan fingerprint density at radius 2 is 1.00 bits per heavy atom. The summed E-state index contributed by atoms with van der Waals surface area (Å²) in [7, 11) is 0. The standard InChI is InChI=1S/C40H24N2S/c1-3-11-25(12-4-1)27-19-20-37-33(21-27)34-22-28(26-13-5-2-6-14-26)23-35(40(34)43-37)36-24-41-38-31-17-9-7-15-29(31)30-16-8-10-18-32(30)39(38)42-36/h1-24H. The van der Waals surface area contributed by atoms with Crippen molar-refractivity contribution in [1.82, 2.24) is 9.97 Å². The Hall–Kier alpha value is -5.38. The molecule has 0 bridgehead atoms. The lowest BCUT2D eigenvalue weighted by Gasteiger charge is -2.12. The van der Waals surface area contributed by atoms with Crippen LogP contribution >= 0.6 is 11.3 Å². The quantitative estimate of drug-likeness (QED) is 0.199. The first-order valence-electron chi connectivity index (χ1n) is 14.5. The zero-order valence-corrected chi connectivity index (χ0v) is 24.0. The van der Waals surface area contributed by atoms with Crippen LogP contribution < -0.4 is 0 Å². The van der Waals surface area contributed by atoms with Crippen molar-refractivity contribution in [3.63, 3.8) is 0 Å². The molecule has 0 radical (unpaired) electrons. The normalized spacial score (nSPS) is 11.7. The molecule has 9 aromatic rings. The highest BCUT2D eigenvalue weighted by Gasteiger charge is 2.17. The third kappa shape index (κ3) is 3.86. The molecular formula is C40H24N2S. The van der Waals surface area contributed by atoms with Crippen molar-refractivity contribution >= 4 is 64.1 Å². The minimum absolute atomic E-state index is 0.894. The van der Waals surface area contributed by atoms with Crippen LogP contribution in [0.5, 0.6) is 0 Å². The van der Waals surface area contributed by atoms with E-state index < -0.39 is 0 Å². The monoisotopic (exact) mass is 564 g/mol. The van der Waals surface area contributed by atoms with Gasteiger partial charge >= 0.3 is 0 Å². The van der Waals surface area contributed by atoms with E-state index in [2.05, 4.69) is 140 Å². The predicted octanol–water partition coefficient (Wildman–Crippen LogP) is 11.3. The molecule has 0 spiro atoms. The first-order chi connectivity index (χ1) is 21.3. The molecule has 0 N–H and O–H groups in total. The first kappa shape index (κ1) is 24.2. The fourth-order valence-electron chi connectivity index (χ4n) is 6.43. The Balaban J connectivity index is 1.36. The van der Waals surface area contributed by atoms with E-state index >= 15 is 0 Å². The lowest BCUT2D eigenvalue weighted by atomic mass is 9.96. The number of aromatic nitrogens is 2. The molecular weight excluding hydrogens is 541 g/mol. The smallest absolute Gasteiger partial charge is 0.0979 e. The van der Waals surface area contributed by atoms with Crippen LogP contribution in [0.15, 0.2) is 146 Å². The minimum Gasteiger partial charge on any atom is -0.252 e. The van der Waals surface area contributed by atoms with Crippen LogP contribution in [0.25, 0.3) is 86.3 Å². The van der Waals surface area contributed by atoms with Crippen LogP contribution in [0, 0.1) is 0 Å². The molecule has 0 aliphatic heterocycles. The van der Waals surface area contributed by atoms with Gasteiger partial charge in [-0.2, -0.15) is 0 Å². The molecule has 43 heavy (non-hydrogen) atoms. The van der Waals surface area contributed by atoms with E-state index in [0.717, 1.165) is 33.1 Å². The zero-order chi connectivity index (χ0) is 28.3. The van der Waals surface area contributed by atoms with Crippen LogP contribution in [-0.4, -0.2) is 9.97 Å². The molecule has 0 aliphatic carbocycles. The van der Waals surface area contributed by atoms with Crippen LogP contribution in [0.2, 0.25) is 0 Å². The van der Waals surface area contributed by atoms with Gasteiger partial charge in [0.1, 0.15) is 0 Å². The maximum atomic E-state index is 5.39. The van der Waals surface area contributed by atoms with Gasteiger partial charge in [0.25, 0.3) is 0 Å². The summed E-state index contributed by atoms with van der Waals surface area (Å²) in [5.41, 5.74) is 8.71. The van der Waals surface area contributed by atoms with Crippen LogP contribution in [0.4, 0.5) is 0 Å². The number of hydrogen-bond donors (Lipinski definition) is 0. The summed E-state index contributed by atoms with van der Waals surface area (Å²) < 4.78 is 2.50. The van der Waals surface area contributed by atoms with E-state index in [-0.39, 0.29) is 0 Å². The van der Waals surface area contributed by atoms with Crippen LogP contribution in [0.3, 0.4) is 0 Å². The van der Waals surface area contributed by atoms with E-state index in [1.807, 2.05) is 17.5 Å². The van der Waals surface area contributed by atoms with Crippen molar-refractivity contribution in [3.8, 4) is 33.5 Å². The number of rotatable bonds is 3. The maximum Gasteiger partial charge on any atom is 0.0979 e. The number of benzene rings is 7. The van der Waals surface area contributed by atoms with Crippen LogP contribution in [0.1, 0.15) is 0 Å². The van der Waals surface area contributed by atoms with E-state index in [9.17, 15) is 0 Å². The van der Waals surface area contributed by atoms with Crippen molar-refractivity contribution in [2.24, 2.45) is 0 Å². The summed E-state index contributed by atoms with van der Waals surface area (Å²) in [5.74, 6) is 0. The molecule has 9 rings (SSSR count). The highest BCUT2D eigenvalue weighted by Crippen LogP contribution is 2.44. The van der Waals surface area contributed by atoms with Crippen molar-refractivity contribution in [1.29, 1.82) is 0 Å². The van der Waals surface area contributed by atoms with E-state index in [4.69, 9.17) is 9.97 Å². The summed E-state index contributed by atoms with van der Waals surface area (Å²) in [4.78, 5) is 10.5. The van der Waals surface area contributed by atoms with Gasteiger partial charge in [-0.25, -0.2) is 4.98 Å². The molecule has 2 nitrogen and oxygen atoms in total. The van der Waals surface area contributed by atoms with Gasteiger partial charge in [-0.05, 0) is 57.3 Å². The van der Waals surface area contributed by atoms with Gasteiger partial charge in [-0.1, -0.05) is 115 Å². The first-order valence-corrected chi connectivity index (χ1v) is 15.3. The van der Waals surface area contributed by atoms with Gasteiger partial charge in [0.05, 0.1) is 22.9 Å². The van der Waals surface area contributed by atoms with Gasteiger partial charge in [-0.3, -0.25) is 4.98 Å². The Morgan fingerprint density at radius 1 is 0.419 bits per heavy atom. The van der Waals surface area contributed by atoms with E-state index in [1.165, 1.54) is 53.2 Å². The van der Waals surface area contributed by atoms with Crippen molar-refractivity contribution in [3.05, 3.63) is 146 Å². The second-order valence-electron chi connectivity index (χ2n) is 11.0. The summed E-state index contributed by atoms with van der Waals surface area (Å²) in [6, 6.07) is 49.8. The zero-order valence-electron chi connectivity index (χ0n) is 23.2. The lowest BCUT2D eigenvalue weighted by molar-refractivity contribution is 1.31. The molecule has 2 aromatic heterocycles. The average molecular weight is 565 g/mol. The van der Waals surface area contributed by atoms with Gasteiger partial charge in [0, 0.05) is 36.5 Å². The van der Waals surface area contributed by atoms with E-state index in [0.29, 0.717) is 0 Å². The Kier molecular flexibility index (Phi) is 5.40. The number of hydrogen-bond acceptors (Lipinski definition) is 3. The molecule has 0 saturated heterocycles. The maximum absolute atomic E-state index is 5.39. The highest BCUT2D eigenvalue weighted by molar-refractivity contribution is 7.26. The van der Waals surface area contributed by atoms with Gasteiger partial charge in [-0.15, -0.1) is 11.3 Å². The molecule has 0 saturated carbocycles. The molecule has 0 fully saturated rings. The van der Waals surface area contributed by atoms with Gasteiger partial charge < -0.3 is 0 Å². The fourth-order valence-corrected chi connectivity index (χ4v) is 7.62. The summed E-state index contributed by atoms with van der Waals surface area (Å²) >= 11 is 1.83. The molecule has 3 heteroatoms. The molecule has 2 heterocycles. The number of fused-ring (bicyclic) bond motifs is 9. The second-order valence-corrected chi connectivity index (χ2v) is 12.0. The van der Waals surface area contributed by atoms with Gasteiger partial charge in [0.15, 0.2) is 0 Å². The summed E-state index contributed by atoms with van der Waals surface area (Å²) in [6.07, 6.45) is 1.97.